The second-order valence-corrected chi connectivity index (χ2v) is 7.10. The van der Waals surface area contributed by atoms with Crippen LogP contribution in [0.5, 0.6) is 0 Å². The summed E-state index contributed by atoms with van der Waals surface area (Å²) in [5, 5.41) is 12.0. The van der Waals surface area contributed by atoms with Gasteiger partial charge >= 0.3 is 5.97 Å². The molecule has 7 heteroatoms. The first-order valence-electron chi connectivity index (χ1n) is 8.00. The highest BCUT2D eigenvalue weighted by atomic mass is 79.9. The Morgan fingerprint density at radius 3 is 2.38 bits per heavy atom. The standard InChI is InChI=1S/C17H21BrN2O4/c18-13-7-11(6-12(8-13)17(23)24)16(22)20-14(9-15(19)21)10-4-2-1-3-5-10/h6-8,10,14H,1-5,9H2,(H2,19,21)(H,20,22)(H,23,24). The summed E-state index contributed by atoms with van der Waals surface area (Å²) >= 11 is 3.22. The van der Waals surface area contributed by atoms with Gasteiger partial charge in [0.1, 0.15) is 0 Å². The van der Waals surface area contributed by atoms with Crippen LogP contribution in [0.15, 0.2) is 22.7 Å². The quantitative estimate of drug-likeness (QED) is 0.686. The fourth-order valence-electron chi connectivity index (χ4n) is 3.18. The van der Waals surface area contributed by atoms with Crippen molar-refractivity contribution in [1.82, 2.24) is 5.32 Å². The van der Waals surface area contributed by atoms with E-state index in [-0.39, 0.29) is 29.5 Å². The molecule has 1 saturated carbocycles. The highest BCUT2D eigenvalue weighted by molar-refractivity contribution is 9.10. The first-order chi connectivity index (χ1) is 11.4. The van der Waals surface area contributed by atoms with Crippen LogP contribution in [0.1, 0.15) is 59.2 Å². The van der Waals surface area contributed by atoms with E-state index in [9.17, 15) is 14.4 Å². The van der Waals surface area contributed by atoms with E-state index in [1.54, 1.807) is 6.07 Å². The van der Waals surface area contributed by atoms with E-state index in [0.29, 0.717) is 4.47 Å². The predicted octanol–water partition coefficient (Wildman–Crippen LogP) is 2.70. The normalized spacial score (nSPS) is 16.4. The van der Waals surface area contributed by atoms with Gasteiger partial charge in [0.05, 0.1) is 5.56 Å². The maximum atomic E-state index is 12.5. The van der Waals surface area contributed by atoms with Crippen molar-refractivity contribution >= 4 is 33.7 Å². The molecule has 0 aromatic heterocycles. The fourth-order valence-corrected chi connectivity index (χ4v) is 3.68. The van der Waals surface area contributed by atoms with Gasteiger partial charge in [-0.25, -0.2) is 4.79 Å². The number of primary amides is 1. The monoisotopic (exact) mass is 396 g/mol. The van der Waals surface area contributed by atoms with Gasteiger partial charge in [-0.05, 0) is 37.0 Å². The summed E-state index contributed by atoms with van der Waals surface area (Å²) in [7, 11) is 0. The Morgan fingerprint density at radius 1 is 1.17 bits per heavy atom. The van der Waals surface area contributed by atoms with E-state index in [2.05, 4.69) is 21.2 Å². The third-order valence-corrected chi connectivity index (χ3v) is 4.82. The summed E-state index contributed by atoms with van der Waals surface area (Å²) in [6, 6.07) is 4.00. The molecule has 1 aliphatic carbocycles. The molecular formula is C17H21BrN2O4. The molecule has 6 nitrogen and oxygen atoms in total. The summed E-state index contributed by atoms with van der Waals surface area (Å²) in [5.74, 6) is -1.73. The van der Waals surface area contributed by atoms with Crippen LogP contribution < -0.4 is 11.1 Å². The average molecular weight is 397 g/mol. The summed E-state index contributed by atoms with van der Waals surface area (Å²) in [5.41, 5.74) is 5.60. The molecule has 0 saturated heterocycles. The molecule has 0 spiro atoms. The van der Waals surface area contributed by atoms with Gasteiger partial charge in [0, 0.05) is 22.5 Å². The first kappa shape index (κ1) is 18.4. The van der Waals surface area contributed by atoms with Crippen molar-refractivity contribution in [2.75, 3.05) is 0 Å². The second-order valence-electron chi connectivity index (χ2n) is 6.18. The van der Waals surface area contributed by atoms with Crippen molar-refractivity contribution in [3.8, 4) is 0 Å². The summed E-state index contributed by atoms with van der Waals surface area (Å²) in [6.45, 7) is 0. The largest absolute Gasteiger partial charge is 0.478 e. The van der Waals surface area contributed by atoms with Crippen molar-refractivity contribution < 1.29 is 19.5 Å². The number of carbonyl (C=O) groups excluding carboxylic acids is 2. The van der Waals surface area contributed by atoms with E-state index in [1.807, 2.05) is 0 Å². The van der Waals surface area contributed by atoms with Crippen LogP contribution in [0.25, 0.3) is 0 Å². The van der Waals surface area contributed by atoms with Gasteiger partial charge < -0.3 is 16.2 Å². The number of carboxylic acids is 1. The molecule has 4 N–H and O–H groups in total. The van der Waals surface area contributed by atoms with E-state index in [4.69, 9.17) is 10.8 Å². The summed E-state index contributed by atoms with van der Waals surface area (Å²) in [6.07, 6.45) is 5.33. The molecule has 1 aromatic rings. The number of rotatable bonds is 6. The summed E-state index contributed by atoms with van der Waals surface area (Å²) < 4.78 is 0.511. The van der Waals surface area contributed by atoms with E-state index >= 15 is 0 Å². The minimum atomic E-state index is -1.11. The molecule has 1 aromatic carbocycles. The van der Waals surface area contributed by atoms with Gasteiger partial charge in [-0.1, -0.05) is 35.2 Å². The third kappa shape index (κ3) is 5.06. The molecular weight excluding hydrogens is 376 g/mol. The Morgan fingerprint density at radius 2 is 1.79 bits per heavy atom. The van der Waals surface area contributed by atoms with Gasteiger partial charge in [-0.15, -0.1) is 0 Å². The number of aromatic carboxylic acids is 1. The van der Waals surface area contributed by atoms with Crippen molar-refractivity contribution in [2.45, 2.75) is 44.6 Å². The molecule has 0 heterocycles. The lowest BCUT2D eigenvalue weighted by atomic mass is 9.82. The maximum Gasteiger partial charge on any atom is 0.335 e. The number of nitrogens with one attached hydrogen (secondary N) is 1. The van der Waals surface area contributed by atoms with Crippen molar-refractivity contribution in [3.63, 3.8) is 0 Å². The molecule has 1 atom stereocenters. The lowest BCUT2D eigenvalue weighted by molar-refractivity contribution is -0.118. The molecule has 2 rings (SSSR count). The summed E-state index contributed by atoms with van der Waals surface area (Å²) in [4.78, 5) is 35.0. The second kappa shape index (κ2) is 8.28. The van der Waals surface area contributed by atoms with Crippen LogP contribution in [0, 0.1) is 5.92 Å². The molecule has 0 aliphatic heterocycles. The molecule has 1 unspecified atom stereocenters. The topological polar surface area (TPSA) is 109 Å². The van der Waals surface area contributed by atoms with E-state index < -0.39 is 17.8 Å². The molecule has 130 valence electrons. The van der Waals surface area contributed by atoms with Gasteiger partial charge in [-0.3, -0.25) is 9.59 Å². The zero-order valence-corrected chi connectivity index (χ0v) is 14.8. The molecule has 1 fully saturated rings. The maximum absolute atomic E-state index is 12.5. The Labute approximate surface area is 148 Å². The van der Waals surface area contributed by atoms with Gasteiger partial charge in [-0.2, -0.15) is 0 Å². The SMILES string of the molecule is NC(=O)CC(NC(=O)c1cc(Br)cc(C(=O)O)c1)C1CCCCC1. The van der Waals surface area contributed by atoms with E-state index in [0.717, 1.165) is 25.7 Å². The highest BCUT2D eigenvalue weighted by Crippen LogP contribution is 2.28. The number of amides is 2. The number of hydrogen-bond acceptors (Lipinski definition) is 3. The Hall–Kier alpha value is -1.89. The predicted molar refractivity (Wildman–Crippen MR) is 92.7 cm³/mol. The Kier molecular flexibility index (Phi) is 6.36. The Bertz CT molecular complexity index is 641. The van der Waals surface area contributed by atoms with Crippen LogP contribution in [-0.4, -0.2) is 28.9 Å². The zero-order chi connectivity index (χ0) is 17.7. The smallest absolute Gasteiger partial charge is 0.335 e. The van der Waals surface area contributed by atoms with Gasteiger partial charge in [0.15, 0.2) is 0 Å². The van der Waals surface area contributed by atoms with Crippen LogP contribution >= 0.6 is 15.9 Å². The zero-order valence-electron chi connectivity index (χ0n) is 13.3. The third-order valence-electron chi connectivity index (χ3n) is 4.36. The molecule has 0 bridgehead atoms. The van der Waals surface area contributed by atoms with Gasteiger partial charge in [0.25, 0.3) is 5.91 Å². The molecule has 24 heavy (non-hydrogen) atoms. The highest BCUT2D eigenvalue weighted by Gasteiger charge is 2.27. The lowest BCUT2D eigenvalue weighted by Gasteiger charge is -2.30. The molecule has 0 radical (unpaired) electrons. The Balaban J connectivity index is 2.17. The van der Waals surface area contributed by atoms with Crippen molar-refractivity contribution in [2.24, 2.45) is 11.7 Å². The van der Waals surface area contributed by atoms with E-state index in [1.165, 1.54) is 18.6 Å². The average Bonchev–Trinajstić information content (AvgIpc) is 2.54. The lowest BCUT2D eigenvalue weighted by Crippen LogP contribution is -2.43. The van der Waals surface area contributed by atoms with Crippen LogP contribution in [-0.2, 0) is 4.79 Å². The van der Waals surface area contributed by atoms with Gasteiger partial charge in [0.2, 0.25) is 5.91 Å². The van der Waals surface area contributed by atoms with Crippen LogP contribution in [0.4, 0.5) is 0 Å². The minimum Gasteiger partial charge on any atom is -0.478 e. The number of halogens is 1. The van der Waals surface area contributed by atoms with Crippen LogP contribution in [0.3, 0.4) is 0 Å². The number of nitrogens with two attached hydrogens (primary N) is 1. The minimum absolute atomic E-state index is 0.0265. The number of benzene rings is 1. The molecule has 2 amide bonds. The first-order valence-corrected chi connectivity index (χ1v) is 8.79. The van der Waals surface area contributed by atoms with Crippen molar-refractivity contribution in [1.29, 1.82) is 0 Å². The number of carbonyl (C=O) groups is 3. The molecule has 1 aliphatic rings. The van der Waals surface area contributed by atoms with Crippen molar-refractivity contribution in [3.05, 3.63) is 33.8 Å². The number of hydrogen-bond donors (Lipinski definition) is 3. The van der Waals surface area contributed by atoms with Crippen LogP contribution in [0.2, 0.25) is 0 Å². The fraction of sp³-hybridized carbons (Fsp3) is 0.471. The number of carboxylic acid groups (broad SMARTS) is 1.